The fourth-order valence-electron chi connectivity index (χ4n) is 2.79. The zero-order valence-corrected chi connectivity index (χ0v) is 15.7. The van der Waals surface area contributed by atoms with E-state index in [1.807, 2.05) is 0 Å². The third-order valence-corrected chi connectivity index (χ3v) is 4.17. The van der Waals surface area contributed by atoms with E-state index >= 15 is 0 Å². The lowest BCUT2D eigenvalue weighted by atomic mass is 10.3. The van der Waals surface area contributed by atoms with Gasteiger partial charge in [0.05, 0.1) is 11.4 Å². The number of aromatic nitrogens is 4. The molecule has 0 spiro atoms. The average molecular weight is 396 g/mol. The normalized spacial score (nSPS) is 10.6. The Balaban J connectivity index is 1.92. The first kappa shape index (κ1) is 19.8. The topological polar surface area (TPSA) is 115 Å². The van der Waals surface area contributed by atoms with Gasteiger partial charge in [-0.25, -0.2) is 18.4 Å². The summed E-state index contributed by atoms with van der Waals surface area (Å²) in [6, 6.07) is 8.85. The standard InChI is InChI=1S/C19H17FN6O3/c1-3-24-10-13(9-21)18(28)25(19(24)29)11-17(27)22-16-8-12(2)23-26(16)15-6-4-14(20)5-7-15/h4-8,10H,3,11H2,1-2H3,(H,22,27). The summed E-state index contributed by atoms with van der Waals surface area (Å²) in [6.45, 7) is 3.07. The summed E-state index contributed by atoms with van der Waals surface area (Å²) in [5.74, 6) is -0.767. The van der Waals surface area contributed by atoms with Crippen LogP contribution in [0.3, 0.4) is 0 Å². The molecule has 29 heavy (non-hydrogen) atoms. The summed E-state index contributed by atoms with van der Waals surface area (Å²) >= 11 is 0. The number of nitrogens with one attached hydrogen (secondary N) is 1. The Morgan fingerprint density at radius 2 is 1.97 bits per heavy atom. The summed E-state index contributed by atoms with van der Waals surface area (Å²) in [5.41, 5.74) is -0.629. The Bertz CT molecular complexity index is 1230. The van der Waals surface area contributed by atoms with Crippen LogP contribution in [0.25, 0.3) is 5.69 Å². The molecule has 10 heteroatoms. The van der Waals surface area contributed by atoms with E-state index in [0.29, 0.717) is 21.8 Å². The van der Waals surface area contributed by atoms with E-state index in [9.17, 15) is 18.8 Å². The van der Waals surface area contributed by atoms with Gasteiger partial charge in [-0.15, -0.1) is 0 Å². The molecule has 0 fully saturated rings. The molecule has 0 atom stereocenters. The van der Waals surface area contributed by atoms with Gasteiger partial charge in [0.15, 0.2) is 0 Å². The molecule has 148 valence electrons. The van der Waals surface area contributed by atoms with Crippen LogP contribution in [0.15, 0.2) is 46.1 Å². The number of halogens is 1. The monoisotopic (exact) mass is 396 g/mol. The molecule has 1 N–H and O–H groups in total. The molecule has 2 aromatic heterocycles. The predicted octanol–water partition coefficient (Wildman–Crippen LogP) is 1.17. The molecule has 2 heterocycles. The highest BCUT2D eigenvalue weighted by molar-refractivity contribution is 5.90. The zero-order valence-electron chi connectivity index (χ0n) is 15.7. The molecule has 0 saturated carbocycles. The average Bonchev–Trinajstić information content (AvgIpc) is 3.06. The number of rotatable bonds is 5. The second-order valence-electron chi connectivity index (χ2n) is 6.22. The summed E-state index contributed by atoms with van der Waals surface area (Å²) in [4.78, 5) is 37.2. The summed E-state index contributed by atoms with van der Waals surface area (Å²) in [7, 11) is 0. The van der Waals surface area contributed by atoms with E-state index in [-0.39, 0.29) is 12.1 Å². The molecular formula is C19H17FN6O3. The smallest absolute Gasteiger partial charge is 0.309 e. The SMILES string of the molecule is CCn1cc(C#N)c(=O)n(CC(=O)Nc2cc(C)nn2-c2ccc(F)cc2)c1=O. The van der Waals surface area contributed by atoms with Crippen LogP contribution in [-0.2, 0) is 17.9 Å². The van der Waals surface area contributed by atoms with Crippen molar-refractivity contribution in [3.05, 3.63) is 74.4 Å². The van der Waals surface area contributed by atoms with Gasteiger partial charge in [0, 0.05) is 18.8 Å². The fraction of sp³-hybridized carbons (Fsp3) is 0.211. The second kappa shape index (κ2) is 7.93. The lowest BCUT2D eigenvalue weighted by Crippen LogP contribution is -2.43. The van der Waals surface area contributed by atoms with Gasteiger partial charge in [-0.05, 0) is 38.1 Å². The van der Waals surface area contributed by atoms with Crippen molar-refractivity contribution < 1.29 is 9.18 Å². The zero-order chi connectivity index (χ0) is 21.1. The highest BCUT2D eigenvalue weighted by Crippen LogP contribution is 2.17. The summed E-state index contributed by atoms with van der Waals surface area (Å²) < 4.78 is 16.5. The molecule has 3 aromatic rings. The van der Waals surface area contributed by atoms with Crippen LogP contribution in [-0.4, -0.2) is 24.8 Å². The minimum Gasteiger partial charge on any atom is -0.309 e. The molecule has 9 nitrogen and oxygen atoms in total. The fourth-order valence-corrected chi connectivity index (χ4v) is 2.79. The number of carbonyl (C=O) groups is 1. The van der Waals surface area contributed by atoms with Crippen molar-refractivity contribution >= 4 is 11.7 Å². The second-order valence-corrected chi connectivity index (χ2v) is 6.22. The number of carbonyl (C=O) groups excluding carboxylic acids is 1. The Morgan fingerprint density at radius 1 is 1.28 bits per heavy atom. The number of hydrogen-bond donors (Lipinski definition) is 1. The third-order valence-electron chi connectivity index (χ3n) is 4.17. The molecule has 0 saturated heterocycles. The predicted molar refractivity (Wildman–Crippen MR) is 102 cm³/mol. The number of aryl methyl sites for hydroxylation is 2. The molecular weight excluding hydrogens is 379 g/mol. The van der Waals surface area contributed by atoms with E-state index in [2.05, 4.69) is 10.4 Å². The number of benzene rings is 1. The van der Waals surface area contributed by atoms with Gasteiger partial charge >= 0.3 is 5.69 Å². The molecule has 3 rings (SSSR count). The van der Waals surface area contributed by atoms with Gasteiger partial charge < -0.3 is 5.32 Å². The van der Waals surface area contributed by atoms with Crippen LogP contribution < -0.4 is 16.6 Å². The summed E-state index contributed by atoms with van der Waals surface area (Å²) in [6.07, 6.45) is 1.17. The molecule has 0 unspecified atom stereocenters. The molecule has 0 aliphatic rings. The highest BCUT2D eigenvalue weighted by atomic mass is 19.1. The Hall–Kier alpha value is -4.00. The van der Waals surface area contributed by atoms with Gasteiger partial charge in [0.25, 0.3) is 5.56 Å². The van der Waals surface area contributed by atoms with Crippen molar-refractivity contribution in [2.75, 3.05) is 5.32 Å². The van der Waals surface area contributed by atoms with Crippen LogP contribution >= 0.6 is 0 Å². The molecule has 0 aliphatic carbocycles. The van der Waals surface area contributed by atoms with Crippen LogP contribution in [0, 0.1) is 24.1 Å². The summed E-state index contributed by atoms with van der Waals surface area (Å²) in [5, 5.41) is 16.0. The van der Waals surface area contributed by atoms with Crippen molar-refractivity contribution in [2.24, 2.45) is 0 Å². The third kappa shape index (κ3) is 3.98. The first-order valence-electron chi connectivity index (χ1n) is 8.71. The minimum atomic E-state index is -0.833. The Labute approximate surface area is 164 Å². The van der Waals surface area contributed by atoms with Crippen molar-refractivity contribution in [3.63, 3.8) is 0 Å². The van der Waals surface area contributed by atoms with Crippen molar-refractivity contribution in [2.45, 2.75) is 26.9 Å². The molecule has 0 radical (unpaired) electrons. The minimum absolute atomic E-state index is 0.230. The number of nitrogens with zero attached hydrogens (tertiary/aromatic N) is 5. The van der Waals surface area contributed by atoms with E-state index in [4.69, 9.17) is 5.26 Å². The number of hydrogen-bond acceptors (Lipinski definition) is 5. The Kier molecular flexibility index (Phi) is 5.40. The quantitative estimate of drug-likeness (QED) is 0.695. The van der Waals surface area contributed by atoms with E-state index in [1.165, 1.54) is 39.7 Å². The Morgan fingerprint density at radius 3 is 2.59 bits per heavy atom. The van der Waals surface area contributed by atoms with Crippen molar-refractivity contribution in [3.8, 4) is 11.8 Å². The van der Waals surface area contributed by atoms with E-state index in [0.717, 1.165) is 0 Å². The van der Waals surface area contributed by atoms with Crippen LogP contribution in [0.5, 0.6) is 0 Å². The van der Waals surface area contributed by atoms with Crippen molar-refractivity contribution in [1.29, 1.82) is 5.26 Å². The van der Waals surface area contributed by atoms with Crippen molar-refractivity contribution in [1.82, 2.24) is 18.9 Å². The maximum Gasteiger partial charge on any atom is 0.331 e. The van der Waals surface area contributed by atoms with Crippen LogP contribution in [0.1, 0.15) is 18.2 Å². The van der Waals surface area contributed by atoms with Crippen LogP contribution in [0.2, 0.25) is 0 Å². The number of amides is 1. The largest absolute Gasteiger partial charge is 0.331 e. The number of nitriles is 1. The lowest BCUT2D eigenvalue weighted by molar-refractivity contribution is -0.116. The van der Waals surface area contributed by atoms with Crippen LogP contribution in [0.4, 0.5) is 10.2 Å². The van der Waals surface area contributed by atoms with E-state index in [1.54, 1.807) is 26.0 Å². The van der Waals surface area contributed by atoms with E-state index < -0.39 is 29.5 Å². The maximum absolute atomic E-state index is 13.2. The van der Waals surface area contributed by atoms with Gasteiger partial charge in [-0.3, -0.25) is 14.2 Å². The first-order chi connectivity index (χ1) is 13.8. The van der Waals surface area contributed by atoms with Gasteiger partial charge in [-0.2, -0.15) is 10.4 Å². The maximum atomic E-state index is 13.2. The molecule has 1 amide bonds. The molecule has 1 aromatic carbocycles. The van der Waals surface area contributed by atoms with Gasteiger partial charge in [0.1, 0.15) is 29.8 Å². The number of anilines is 1. The van der Waals surface area contributed by atoms with Gasteiger partial charge in [-0.1, -0.05) is 0 Å². The first-order valence-corrected chi connectivity index (χ1v) is 8.71. The molecule has 0 aliphatic heterocycles. The van der Waals surface area contributed by atoms with Gasteiger partial charge in [0.2, 0.25) is 5.91 Å². The molecule has 0 bridgehead atoms. The lowest BCUT2D eigenvalue weighted by Gasteiger charge is -2.11. The highest BCUT2D eigenvalue weighted by Gasteiger charge is 2.16.